The highest BCUT2D eigenvalue weighted by molar-refractivity contribution is 5.73. The number of hydrogen-bond acceptors (Lipinski definition) is 2. The molecule has 1 N–H and O–H groups in total. The minimum atomic E-state index is 0.0529. The molecular weight excluding hydrogens is 310 g/mol. The summed E-state index contributed by atoms with van der Waals surface area (Å²) >= 11 is 0. The molecule has 1 rings (SSSR count). The first-order chi connectivity index (χ1) is 12.1. The third-order valence-electron chi connectivity index (χ3n) is 5.52. The lowest BCUT2D eigenvalue weighted by molar-refractivity contribution is -0.959. The molecule has 1 aliphatic heterocycles. The highest BCUT2D eigenvalue weighted by Crippen LogP contribution is 2.27. The van der Waals surface area contributed by atoms with Crippen molar-refractivity contribution < 1.29 is 9.28 Å². The molecule has 0 aromatic heterocycles. The van der Waals surface area contributed by atoms with Crippen LogP contribution >= 0.6 is 0 Å². The molecule has 0 spiro atoms. The van der Waals surface area contributed by atoms with Crippen LogP contribution in [0.2, 0.25) is 0 Å². The van der Waals surface area contributed by atoms with Crippen LogP contribution in [0, 0.1) is 0 Å². The summed E-state index contributed by atoms with van der Waals surface area (Å²) in [4.78, 5) is 16.2. The van der Waals surface area contributed by atoms with Gasteiger partial charge in [0.15, 0.2) is 12.3 Å². The van der Waals surface area contributed by atoms with Gasteiger partial charge >= 0.3 is 0 Å². The molecule has 0 radical (unpaired) electrons. The summed E-state index contributed by atoms with van der Waals surface area (Å²) in [7, 11) is 0. The second-order valence-electron chi connectivity index (χ2n) is 7.40. The van der Waals surface area contributed by atoms with Crippen LogP contribution in [0.4, 0.5) is 0 Å². The fraction of sp³-hybridized carbons (Fsp3) is 0.810. The van der Waals surface area contributed by atoms with E-state index in [1.807, 2.05) is 0 Å². The van der Waals surface area contributed by atoms with Gasteiger partial charge in [-0.1, -0.05) is 44.8 Å². The van der Waals surface area contributed by atoms with Crippen molar-refractivity contribution in [2.24, 2.45) is 4.99 Å². The molecule has 0 aliphatic carbocycles. The molecule has 3 unspecified atom stereocenters. The Hall–Kier alpha value is -1.16. The molecular formula is C21H40N3O+. The Balaban J connectivity index is 2.26. The highest BCUT2D eigenvalue weighted by atomic mass is 16.1. The Morgan fingerprint density at radius 2 is 1.88 bits per heavy atom. The van der Waals surface area contributed by atoms with E-state index in [9.17, 15) is 4.79 Å². The van der Waals surface area contributed by atoms with Gasteiger partial charge in [0.25, 0.3) is 0 Å². The molecule has 0 saturated heterocycles. The van der Waals surface area contributed by atoms with Gasteiger partial charge in [-0.25, -0.2) is 4.99 Å². The number of quaternary nitrogens is 1. The number of hydrogen-bond donors (Lipinski definition) is 1. The number of amides is 1. The van der Waals surface area contributed by atoms with Crippen LogP contribution in [0.15, 0.2) is 17.1 Å². The van der Waals surface area contributed by atoms with Gasteiger partial charge in [-0.3, -0.25) is 9.28 Å². The highest BCUT2D eigenvalue weighted by Gasteiger charge is 2.42. The maximum Gasteiger partial charge on any atom is 0.221 e. The van der Waals surface area contributed by atoms with Crippen molar-refractivity contribution >= 4 is 12.1 Å². The van der Waals surface area contributed by atoms with E-state index in [2.05, 4.69) is 44.5 Å². The van der Waals surface area contributed by atoms with Gasteiger partial charge in [0.2, 0.25) is 5.91 Å². The summed E-state index contributed by atoms with van der Waals surface area (Å²) in [6.45, 7) is 10.1. The van der Waals surface area contributed by atoms with Crippen molar-refractivity contribution in [3.8, 4) is 0 Å². The predicted octanol–water partition coefficient (Wildman–Crippen LogP) is 4.80. The standard InChI is InChI=1S/C21H39N3O/c1-5-7-8-9-10-11-12-13-14-15-16-21-22-17-18-24(21,6-2)19(3)23-20(4)25/h8-9,17,19,21H,5-7,10-16,18H2,1-4H3/p+1/b9-8+. The van der Waals surface area contributed by atoms with Gasteiger partial charge in [-0.05, 0) is 32.6 Å². The van der Waals surface area contributed by atoms with Crippen LogP contribution < -0.4 is 5.32 Å². The van der Waals surface area contributed by atoms with Crippen molar-refractivity contribution in [1.29, 1.82) is 0 Å². The molecule has 0 bridgehead atoms. The molecule has 4 heteroatoms. The van der Waals surface area contributed by atoms with Crippen LogP contribution in [0.25, 0.3) is 0 Å². The SMILES string of the molecule is CCC/C=C/CCCCCCCC1N=CC[N+]1(CC)C(C)NC(C)=O. The topological polar surface area (TPSA) is 41.5 Å². The number of allylic oxidation sites excluding steroid dienone is 2. The largest absolute Gasteiger partial charge is 0.307 e. The van der Waals surface area contributed by atoms with Gasteiger partial charge in [0.05, 0.1) is 12.8 Å². The zero-order valence-corrected chi connectivity index (χ0v) is 17.0. The zero-order valence-electron chi connectivity index (χ0n) is 17.0. The van der Waals surface area contributed by atoms with E-state index >= 15 is 0 Å². The Morgan fingerprint density at radius 1 is 1.20 bits per heavy atom. The molecule has 0 saturated carbocycles. The lowest BCUT2D eigenvalue weighted by Gasteiger charge is -2.42. The Bertz CT molecular complexity index is 433. The van der Waals surface area contributed by atoms with Gasteiger partial charge in [-0.2, -0.15) is 0 Å². The number of unbranched alkanes of at least 4 members (excludes halogenated alkanes) is 6. The van der Waals surface area contributed by atoms with E-state index in [1.165, 1.54) is 51.4 Å². The average Bonchev–Trinajstić information content (AvgIpc) is 3.00. The van der Waals surface area contributed by atoms with Crippen molar-refractivity contribution in [3.05, 3.63) is 12.2 Å². The van der Waals surface area contributed by atoms with Gasteiger partial charge in [-0.15, -0.1) is 0 Å². The number of nitrogens with one attached hydrogen (secondary N) is 1. The van der Waals surface area contributed by atoms with Gasteiger partial charge < -0.3 is 5.32 Å². The third kappa shape index (κ3) is 7.31. The minimum Gasteiger partial charge on any atom is -0.307 e. The maximum atomic E-state index is 11.5. The Labute approximate surface area is 155 Å². The average molecular weight is 351 g/mol. The zero-order chi connectivity index (χ0) is 18.5. The number of aliphatic imine (C=N–C) groups is 1. The molecule has 0 aromatic carbocycles. The van der Waals surface area contributed by atoms with E-state index in [0.717, 1.165) is 24.0 Å². The Kier molecular flexibility index (Phi) is 10.7. The molecule has 1 heterocycles. The lowest BCUT2D eigenvalue weighted by Crippen LogP contribution is -2.63. The monoisotopic (exact) mass is 350 g/mol. The van der Waals surface area contributed by atoms with Crippen LogP contribution in [-0.4, -0.2) is 42.0 Å². The van der Waals surface area contributed by atoms with Gasteiger partial charge in [0.1, 0.15) is 6.54 Å². The smallest absolute Gasteiger partial charge is 0.221 e. The van der Waals surface area contributed by atoms with Crippen molar-refractivity contribution in [3.63, 3.8) is 0 Å². The number of nitrogens with zero attached hydrogens (tertiary/aromatic N) is 2. The molecule has 4 nitrogen and oxygen atoms in total. The van der Waals surface area contributed by atoms with Crippen LogP contribution in [0.1, 0.15) is 85.5 Å². The Morgan fingerprint density at radius 3 is 2.56 bits per heavy atom. The second kappa shape index (κ2) is 12.2. The quantitative estimate of drug-likeness (QED) is 0.289. The number of carbonyl (C=O) groups is 1. The molecule has 0 aromatic rings. The summed E-state index contributed by atoms with van der Waals surface area (Å²) in [5.41, 5.74) is 0. The maximum absolute atomic E-state index is 11.5. The summed E-state index contributed by atoms with van der Waals surface area (Å²) in [5.74, 6) is 0.0529. The second-order valence-corrected chi connectivity index (χ2v) is 7.40. The fourth-order valence-electron chi connectivity index (χ4n) is 3.88. The summed E-state index contributed by atoms with van der Waals surface area (Å²) in [6.07, 6.45) is 18.5. The van der Waals surface area contributed by atoms with Crippen molar-refractivity contribution in [2.75, 3.05) is 13.1 Å². The van der Waals surface area contributed by atoms with Gasteiger partial charge in [0, 0.05) is 20.3 Å². The molecule has 25 heavy (non-hydrogen) atoms. The molecule has 1 amide bonds. The summed E-state index contributed by atoms with van der Waals surface area (Å²) in [5, 5.41) is 3.09. The lowest BCUT2D eigenvalue weighted by atomic mass is 10.1. The minimum absolute atomic E-state index is 0.0529. The van der Waals surface area contributed by atoms with E-state index < -0.39 is 0 Å². The van der Waals surface area contributed by atoms with E-state index in [-0.39, 0.29) is 12.1 Å². The van der Waals surface area contributed by atoms with Crippen LogP contribution in [-0.2, 0) is 4.79 Å². The van der Waals surface area contributed by atoms with Crippen molar-refractivity contribution in [2.45, 2.75) is 97.8 Å². The molecule has 144 valence electrons. The van der Waals surface area contributed by atoms with E-state index in [4.69, 9.17) is 4.99 Å². The third-order valence-corrected chi connectivity index (χ3v) is 5.52. The fourth-order valence-corrected chi connectivity index (χ4v) is 3.88. The number of rotatable bonds is 13. The molecule has 3 atom stereocenters. The number of carbonyl (C=O) groups excluding carboxylic acids is 1. The molecule has 1 aliphatic rings. The van der Waals surface area contributed by atoms with E-state index in [1.54, 1.807) is 6.92 Å². The summed E-state index contributed by atoms with van der Waals surface area (Å²) in [6, 6.07) is 0. The normalized spacial score (nSPS) is 24.1. The first kappa shape index (κ1) is 21.9. The van der Waals surface area contributed by atoms with Crippen LogP contribution in [0.5, 0.6) is 0 Å². The molecule has 0 fully saturated rings. The predicted molar refractivity (Wildman–Crippen MR) is 108 cm³/mol. The summed E-state index contributed by atoms with van der Waals surface area (Å²) < 4.78 is 0.877. The first-order valence-electron chi connectivity index (χ1n) is 10.4. The van der Waals surface area contributed by atoms with E-state index in [0.29, 0.717) is 6.17 Å². The van der Waals surface area contributed by atoms with Crippen LogP contribution in [0.3, 0.4) is 0 Å². The first-order valence-corrected chi connectivity index (χ1v) is 10.4. The van der Waals surface area contributed by atoms with Crippen molar-refractivity contribution in [1.82, 2.24) is 5.32 Å².